The molecule has 29 heavy (non-hydrogen) atoms. The number of aliphatic hydroxyl groups is 1. The number of ether oxygens (including phenoxy) is 1. The Morgan fingerprint density at radius 1 is 1.10 bits per heavy atom. The molecule has 0 aliphatic carbocycles. The highest BCUT2D eigenvalue weighted by Gasteiger charge is 2.40. The fourth-order valence-corrected chi connectivity index (χ4v) is 3.21. The maximum absolute atomic E-state index is 14.8. The van der Waals surface area contributed by atoms with E-state index in [2.05, 4.69) is 4.74 Å². The molecule has 8 heteroatoms. The predicted molar refractivity (Wildman–Crippen MR) is 100 cm³/mol. The number of hydrogen-bond donors (Lipinski definition) is 2. The maximum atomic E-state index is 14.8. The van der Waals surface area contributed by atoms with Crippen LogP contribution in [-0.4, -0.2) is 17.7 Å². The zero-order valence-corrected chi connectivity index (χ0v) is 16.6. The Bertz CT molecular complexity index is 936. The first-order chi connectivity index (χ1) is 13.3. The molecule has 0 aliphatic rings. The van der Waals surface area contributed by atoms with Crippen molar-refractivity contribution >= 4 is 5.97 Å². The molecule has 0 fully saturated rings. The lowest BCUT2D eigenvalue weighted by Gasteiger charge is -2.26. The van der Waals surface area contributed by atoms with Crippen LogP contribution in [0.4, 0.5) is 17.6 Å². The first kappa shape index (κ1) is 22.8. The summed E-state index contributed by atoms with van der Waals surface area (Å²) in [5, 5.41) is 10.5. The number of esters is 1. The topological polar surface area (TPSA) is 72.5 Å². The standard InChI is InChI=1S/C21H23F4NO3/c1-5-29-17(27)10-20(26,28)15-8-14(9-16(19(15)22)21(23,24)25)18-12(3)7-6-11(2)13(18)4/h6-9,28H,5,10,26H2,1-4H3/t20-/m1/s1. The molecule has 0 heterocycles. The zero-order chi connectivity index (χ0) is 22.1. The quantitative estimate of drug-likeness (QED) is 0.430. The van der Waals surface area contributed by atoms with Gasteiger partial charge in [0.25, 0.3) is 0 Å². The summed E-state index contributed by atoms with van der Waals surface area (Å²) in [4.78, 5) is 11.7. The largest absolute Gasteiger partial charge is 0.466 e. The molecule has 0 aromatic heterocycles. The molecule has 2 aromatic carbocycles. The van der Waals surface area contributed by atoms with Gasteiger partial charge < -0.3 is 9.84 Å². The van der Waals surface area contributed by atoms with Crippen molar-refractivity contribution in [3.05, 3.63) is 57.9 Å². The van der Waals surface area contributed by atoms with Crippen molar-refractivity contribution in [1.82, 2.24) is 0 Å². The fraction of sp³-hybridized carbons (Fsp3) is 0.381. The minimum atomic E-state index is -5.03. The fourth-order valence-electron chi connectivity index (χ4n) is 3.21. The summed E-state index contributed by atoms with van der Waals surface area (Å²) in [6.07, 6.45) is -5.93. The molecule has 0 saturated carbocycles. The van der Waals surface area contributed by atoms with Crippen molar-refractivity contribution in [2.45, 2.75) is 46.0 Å². The zero-order valence-electron chi connectivity index (χ0n) is 16.6. The van der Waals surface area contributed by atoms with Crippen LogP contribution >= 0.6 is 0 Å². The van der Waals surface area contributed by atoms with E-state index in [4.69, 9.17) is 5.73 Å². The molecule has 0 radical (unpaired) electrons. The second kappa shape index (κ2) is 8.12. The Morgan fingerprint density at radius 2 is 1.66 bits per heavy atom. The van der Waals surface area contributed by atoms with Gasteiger partial charge in [-0.15, -0.1) is 0 Å². The van der Waals surface area contributed by atoms with Crippen LogP contribution in [0.2, 0.25) is 0 Å². The number of alkyl halides is 3. The summed E-state index contributed by atoms with van der Waals surface area (Å²) >= 11 is 0. The predicted octanol–water partition coefficient (Wildman–Crippen LogP) is 4.49. The van der Waals surface area contributed by atoms with E-state index in [1.54, 1.807) is 26.8 Å². The average Bonchev–Trinajstić information content (AvgIpc) is 2.58. The SMILES string of the molecule is CCOC(=O)C[C@@](N)(O)c1cc(-c2c(C)ccc(C)c2C)cc(C(F)(F)F)c1F. The minimum absolute atomic E-state index is 0.0209. The molecule has 1 atom stereocenters. The molecular formula is C21H23F4NO3. The van der Waals surface area contributed by atoms with Crippen LogP contribution in [0.5, 0.6) is 0 Å². The molecule has 4 nitrogen and oxygen atoms in total. The van der Waals surface area contributed by atoms with Gasteiger partial charge in [-0.05, 0) is 67.6 Å². The Balaban J connectivity index is 2.78. The van der Waals surface area contributed by atoms with Crippen LogP contribution in [0, 0.1) is 26.6 Å². The normalized spacial score (nSPS) is 13.9. The van der Waals surface area contributed by atoms with Crippen molar-refractivity contribution in [2.24, 2.45) is 5.73 Å². The number of nitrogens with two attached hydrogens (primary N) is 1. The highest BCUT2D eigenvalue weighted by Crippen LogP contribution is 2.40. The molecule has 0 aliphatic heterocycles. The number of benzene rings is 2. The molecule has 0 saturated heterocycles. The monoisotopic (exact) mass is 413 g/mol. The number of rotatable bonds is 5. The number of carbonyl (C=O) groups is 1. The lowest BCUT2D eigenvalue weighted by Crippen LogP contribution is -2.40. The number of halogens is 4. The molecule has 2 rings (SSSR count). The Hall–Kier alpha value is -2.45. The van der Waals surface area contributed by atoms with E-state index < -0.39 is 41.2 Å². The van der Waals surface area contributed by atoms with E-state index in [1.807, 2.05) is 6.07 Å². The number of hydrogen-bond acceptors (Lipinski definition) is 4. The van der Waals surface area contributed by atoms with Gasteiger partial charge in [-0.2, -0.15) is 13.2 Å². The smallest absolute Gasteiger partial charge is 0.419 e. The van der Waals surface area contributed by atoms with Crippen LogP contribution in [0.1, 0.15) is 41.2 Å². The van der Waals surface area contributed by atoms with Crippen LogP contribution in [0.3, 0.4) is 0 Å². The van der Waals surface area contributed by atoms with Crippen molar-refractivity contribution in [3.8, 4) is 11.1 Å². The lowest BCUT2D eigenvalue weighted by molar-refractivity contribution is -0.149. The molecule has 0 spiro atoms. The van der Waals surface area contributed by atoms with Gasteiger partial charge in [-0.25, -0.2) is 4.39 Å². The highest BCUT2D eigenvalue weighted by molar-refractivity contribution is 5.75. The first-order valence-corrected chi connectivity index (χ1v) is 8.94. The summed E-state index contributed by atoms with van der Waals surface area (Å²) in [6, 6.07) is 5.30. The molecule has 0 amide bonds. The third-order valence-corrected chi connectivity index (χ3v) is 4.80. The third-order valence-electron chi connectivity index (χ3n) is 4.80. The average molecular weight is 413 g/mol. The van der Waals surface area contributed by atoms with Gasteiger partial charge >= 0.3 is 12.1 Å². The Morgan fingerprint density at radius 3 is 2.21 bits per heavy atom. The van der Waals surface area contributed by atoms with Crippen molar-refractivity contribution in [1.29, 1.82) is 0 Å². The van der Waals surface area contributed by atoms with E-state index in [0.717, 1.165) is 11.6 Å². The van der Waals surface area contributed by atoms with Crippen molar-refractivity contribution in [2.75, 3.05) is 6.61 Å². The van der Waals surface area contributed by atoms with Crippen LogP contribution in [0.15, 0.2) is 24.3 Å². The number of carbonyl (C=O) groups excluding carboxylic acids is 1. The van der Waals surface area contributed by atoms with Gasteiger partial charge in [0.15, 0.2) is 5.72 Å². The summed E-state index contributed by atoms with van der Waals surface area (Å²) in [5.41, 5.74) is 3.34. The summed E-state index contributed by atoms with van der Waals surface area (Å²) in [5.74, 6) is -2.68. The summed E-state index contributed by atoms with van der Waals surface area (Å²) in [7, 11) is 0. The second-order valence-corrected chi connectivity index (χ2v) is 6.99. The molecule has 158 valence electrons. The van der Waals surface area contributed by atoms with Gasteiger partial charge in [0.05, 0.1) is 18.6 Å². The van der Waals surface area contributed by atoms with Crippen LogP contribution in [-0.2, 0) is 21.4 Å². The summed E-state index contributed by atoms with van der Waals surface area (Å²) in [6.45, 7) is 6.74. The molecule has 2 aromatic rings. The molecule has 0 unspecified atom stereocenters. The second-order valence-electron chi connectivity index (χ2n) is 6.99. The van der Waals surface area contributed by atoms with Gasteiger partial charge in [-0.1, -0.05) is 12.1 Å². The Labute approximate surface area is 166 Å². The van der Waals surface area contributed by atoms with E-state index in [0.29, 0.717) is 22.8 Å². The van der Waals surface area contributed by atoms with Gasteiger partial charge in [0.1, 0.15) is 5.82 Å². The van der Waals surface area contributed by atoms with Gasteiger partial charge in [0, 0.05) is 5.56 Å². The van der Waals surface area contributed by atoms with E-state index in [-0.39, 0.29) is 12.2 Å². The van der Waals surface area contributed by atoms with Crippen molar-refractivity contribution < 1.29 is 32.2 Å². The Kier molecular flexibility index (Phi) is 6.39. The minimum Gasteiger partial charge on any atom is -0.466 e. The van der Waals surface area contributed by atoms with E-state index >= 15 is 0 Å². The van der Waals surface area contributed by atoms with Crippen LogP contribution < -0.4 is 5.73 Å². The lowest BCUT2D eigenvalue weighted by atomic mass is 9.88. The first-order valence-electron chi connectivity index (χ1n) is 8.94. The molecule has 3 N–H and O–H groups in total. The third kappa shape index (κ3) is 4.76. The maximum Gasteiger partial charge on any atom is 0.419 e. The summed E-state index contributed by atoms with van der Waals surface area (Å²) < 4.78 is 60.0. The molecule has 0 bridgehead atoms. The van der Waals surface area contributed by atoms with E-state index in [1.165, 1.54) is 6.92 Å². The van der Waals surface area contributed by atoms with Crippen molar-refractivity contribution in [3.63, 3.8) is 0 Å². The van der Waals surface area contributed by atoms with Gasteiger partial charge in [0.2, 0.25) is 0 Å². The van der Waals surface area contributed by atoms with Gasteiger partial charge in [-0.3, -0.25) is 10.5 Å². The van der Waals surface area contributed by atoms with Crippen LogP contribution in [0.25, 0.3) is 11.1 Å². The number of aryl methyl sites for hydroxylation is 2. The molecular weight excluding hydrogens is 390 g/mol. The van der Waals surface area contributed by atoms with E-state index in [9.17, 15) is 27.5 Å². The highest BCUT2D eigenvalue weighted by atomic mass is 19.4.